The number of H-pyrrole nitrogens is 1. The molecule has 0 spiro atoms. The van der Waals surface area contributed by atoms with E-state index in [4.69, 9.17) is 0 Å². The van der Waals surface area contributed by atoms with Gasteiger partial charge in [-0.3, -0.25) is 9.89 Å². The minimum absolute atomic E-state index is 0.0346. The largest absolute Gasteiger partial charge is 0.435 e. The fraction of sp³-hybridized carbons (Fsp3) is 0.444. The summed E-state index contributed by atoms with van der Waals surface area (Å²) in [6.07, 6.45) is 5.26. The first-order valence-corrected chi connectivity index (χ1v) is 8.46. The van der Waals surface area contributed by atoms with Crippen molar-refractivity contribution in [1.82, 2.24) is 15.5 Å². The van der Waals surface area contributed by atoms with Crippen molar-refractivity contribution < 1.29 is 18.3 Å². The van der Waals surface area contributed by atoms with Gasteiger partial charge in [-0.15, -0.1) is 0 Å². The molecule has 1 heterocycles. The topological polar surface area (TPSA) is 67.0 Å². The molecule has 0 radical (unpaired) electrons. The van der Waals surface area contributed by atoms with Crippen molar-refractivity contribution in [3.05, 3.63) is 47.3 Å². The molecule has 4 rings (SSSR count). The standard InChI is InChI=1S/C18H19F2N3O2/c19-18(20)25-13-4-1-10(2-5-13)14-8-15(14)17(24)22-12-3-6-16-11(7-12)9-21-23-16/h1-2,4-5,9,12,14-15,18H,3,6-8H2,(H,21,23)(H,22,24)/t12?,14-,15+/m0/s1. The van der Waals surface area contributed by atoms with Crippen LogP contribution in [0.5, 0.6) is 5.75 Å². The SMILES string of the molecule is O=C(NC1CCc2[nH]ncc2C1)[C@@H]1C[C@H]1c1ccc(OC(F)F)cc1. The average molecular weight is 347 g/mol. The second-order valence-electron chi connectivity index (χ2n) is 6.72. The lowest BCUT2D eigenvalue weighted by molar-refractivity contribution is -0.123. The highest BCUT2D eigenvalue weighted by molar-refractivity contribution is 5.83. The van der Waals surface area contributed by atoms with Gasteiger partial charge in [0.15, 0.2) is 0 Å². The highest BCUT2D eigenvalue weighted by Crippen LogP contribution is 2.48. The molecule has 1 aromatic carbocycles. The number of aromatic nitrogens is 2. The van der Waals surface area contributed by atoms with Crippen LogP contribution in [0.25, 0.3) is 0 Å². The molecule has 1 aromatic heterocycles. The van der Waals surface area contributed by atoms with Gasteiger partial charge in [-0.1, -0.05) is 12.1 Å². The Morgan fingerprint density at radius 2 is 2.12 bits per heavy atom. The molecule has 3 atom stereocenters. The van der Waals surface area contributed by atoms with Crippen LogP contribution in [0.15, 0.2) is 30.5 Å². The van der Waals surface area contributed by atoms with Gasteiger partial charge in [0, 0.05) is 17.7 Å². The first-order valence-electron chi connectivity index (χ1n) is 8.46. The molecule has 1 amide bonds. The Morgan fingerprint density at radius 3 is 2.88 bits per heavy atom. The number of aromatic amines is 1. The van der Waals surface area contributed by atoms with Crippen LogP contribution in [0.2, 0.25) is 0 Å². The van der Waals surface area contributed by atoms with E-state index in [2.05, 4.69) is 20.3 Å². The Balaban J connectivity index is 1.31. The molecular weight excluding hydrogens is 328 g/mol. The molecule has 1 unspecified atom stereocenters. The Morgan fingerprint density at radius 1 is 1.32 bits per heavy atom. The van der Waals surface area contributed by atoms with E-state index in [1.807, 2.05) is 6.20 Å². The summed E-state index contributed by atoms with van der Waals surface area (Å²) in [4.78, 5) is 12.5. The number of hydrogen-bond acceptors (Lipinski definition) is 3. The Labute approximate surface area is 143 Å². The third-order valence-electron chi connectivity index (χ3n) is 5.02. The maximum atomic E-state index is 12.5. The minimum atomic E-state index is -2.82. The Kier molecular flexibility index (Phi) is 4.15. The number of ether oxygens (including phenoxy) is 1. The van der Waals surface area contributed by atoms with Crippen molar-refractivity contribution in [3.63, 3.8) is 0 Å². The van der Waals surface area contributed by atoms with Crippen molar-refractivity contribution in [2.45, 2.75) is 44.3 Å². The summed E-state index contributed by atoms with van der Waals surface area (Å²) in [5.41, 5.74) is 3.34. The lowest BCUT2D eigenvalue weighted by atomic mass is 9.93. The summed E-state index contributed by atoms with van der Waals surface area (Å²) in [5.74, 6) is 0.342. The van der Waals surface area contributed by atoms with Crippen LogP contribution in [-0.4, -0.2) is 28.8 Å². The third kappa shape index (κ3) is 3.50. The molecule has 2 aromatic rings. The molecule has 0 saturated heterocycles. The molecule has 7 heteroatoms. The lowest BCUT2D eigenvalue weighted by Crippen LogP contribution is -2.39. The quantitative estimate of drug-likeness (QED) is 0.874. The average Bonchev–Trinajstić information content (AvgIpc) is 3.25. The van der Waals surface area contributed by atoms with Crippen LogP contribution in [0.3, 0.4) is 0 Å². The maximum Gasteiger partial charge on any atom is 0.387 e. The fourth-order valence-electron chi connectivity index (χ4n) is 3.60. The van der Waals surface area contributed by atoms with Gasteiger partial charge >= 0.3 is 6.61 Å². The molecule has 0 bridgehead atoms. The van der Waals surface area contributed by atoms with E-state index in [1.165, 1.54) is 23.4 Å². The van der Waals surface area contributed by atoms with Crippen LogP contribution < -0.4 is 10.1 Å². The summed E-state index contributed by atoms with van der Waals surface area (Å²) in [6.45, 7) is -2.82. The van der Waals surface area contributed by atoms with Crippen LogP contribution in [0.4, 0.5) is 8.78 Å². The normalized spacial score (nSPS) is 24.7. The second-order valence-corrected chi connectivity index (χ2v) is 6.72. The van der Waals surface area contributed by atoms with Crippen molar-refractivity contribution in [3.8, 4) is 5.75 Å². The molecule has 25 heavy (non-hydrogen) atoms. The van der Waals surface area contributed by atoms with Crippen molar-refractivity contribution >= 4 is 5.91 Å². The Hall–Kier alpha value is -2.44. The Bertz CT molecular complexity index is 760. The number of carbonyl (C=O) groups excluding carboxylic acids is 1. The highest BCUT2D eigenvalue weighted by Gasteiger charge is 2.44. The predicted octanol–water partition coefficient (Wildman–Crippen LogP) is 2.79. The first-order chi connectivity index (χ1) is 12.1. The number of fused-ring (bicyclic) bond motifs is 1. The van der Waals surface area contributed by atoms with Gasteiger partial charge in [0.05, 0.1) is 6.20 Å². The molecule has 5 nitrogen and oxygen atoms in total. The smallest absolute Gasteiger partial charge is 0.387 e. The van der Waals surface area contributed by atoms with Crippen molar-refractivity contribution in [2.24, 2.45) is 5.92 Å². The van der Waals surface area contributed by atoms with E-state index in [0.717, 1.165) is 31.2 Å². The first kappa shape index (κ1) is 16.1. The number of alkyl halides is 2. The van der Waals surface area contributed by atoms with Crippen LogP contribution >= 0.6 is 0 Å². The summed E-state index contributed by atoms with van der Waals surface area (Å²) < 4.78 is 28.7. The van der Waals surface area contributed by atoms with Crippen molar-refractivity contribution in [2.75, 3.05) is 0 Å². The molecule has 2 aliphatic rings. The van der Waals surface area contributed by atoms with E-state index >= 15 is 0 Å². The van der Waals surface area contributed by atoms with Crippen molar-refractivity contribution in [1.29, 1.82) is 0 Å². The van der Waals surface area contributed by atoms with E-state index in [-0.39, 0.29) is 29.5 Å². The van der Waals surface area contributed by atoms with Gasteiger partial charge in [-0.2, -0.15) is 13.9 Å². The lowest BCUT2D eigenvalue weighted by Gasteiger charge is -2.22. The molecular formula is C18H19F2N3O2. The number of hydrogen-bond donors (Lipinski definition) is 2. The molecule has 132 valence electrons. The summed E-state index contributed by atoms with van der Waals surface area (Å²) in [7, 11) is 0. The number of nitrogens with zero attached hydrogens (tertiary/aromatic N) is 1. The van der Waals surface area contributed by atoms with E-state index in [1.54, 1.807) is 12.1 Å². The monoisotopic (exact) mass is 347 g/mol. The molecule has 2 N–H and O–H groups in total. The number of aryl methyl sites for hydroxylation is 1. The van der Waals surface area contributed by atoms with Gasteiger partial charge in [0.2, 0.25) is 5.91 Å². The van der Waals surface area contributed by atoms with E-state index < -0.39 is 6.61 Å². The van der Waals surface area contributed by atoms with Crippen LogP contribution in [0, 0.1) is 5.92 Å². The number of nitrogens with one attached hydrogen (secondary N) is 2. The summed E-state index contributed by atoms with van der Waals surface area (Å²) in [5, 5.41) is 10.2. The van der Waals surface area contributed by atoms with Gasteiger partial charge < -0.3 is 10.1 Å². The number of amides is 1. The van der Waals surface area contributed by atoms with Gasteiger partial charge in [0.1, 0.15) is 5.75 Å². The van der Waals surface area contributed by atoms with Crippen LogP contribution in [-0.2, 0) is 17.6 Å². The zero-order chi connectivity index (χ0) is 17.4. The number of rotatable bonds is 5. The second kappa shape index (κ2) is 6.46. The van der Waals surface area contributed by atoms with E-state index in [0.29, 0.717) is 0 Å². The van der Waals surface area contributed by atoms with Crippen LogP contribution in [0.1, 0.15) is 35.6 Å². The third-order valence-corrected chi connectivity index (χ3v) is 5.02. The highest BCUT2D eigenvalue weighted by atomic mass is 19.3. The summed E-state index contributed by atoms with van der Waals surface area (Å²) >= 11 is 0. The van der Waals surface area contributed by atoms with Gasteiger partial charge in [-0.25, -0.2) is 0 Å². The molecule has 0 aliphatic heterocycles. The fourth-order valence-corrected chi connectivity index (χ4v) is 3.60. The molecule has 1 saturated carbocycles. The maximum absolute atomic E-state index is 12.5. The molecule has 2 aliphatic carbocycles. The minimum Gasteiger partial charge on any atom is -0.435 e. The summed E-state index contributed by atoms with van der Waals surface area (Å²) in [6, 6.07) is 6.72. The zero-order valence-corrected chi connectivity index (χ0v) is 13.5. The zero-order valence-electron chi connectivity index (χ0n) is 13.5. The number of carbonyl (C=O) groups is 1. The van der Waals surface area contributed by atoms with Gasteiger partial charge in [0.25, 0.3) is 0 Å². The predicted molar refractivity (Wildman–Crippen MR) is 86.5 cm³/mol. The van der Waals surface area contributed by atoms with Gasteiger partial charge in [-0.05, 0) is 54.9 Å². The number of benzene rings is 1. The van der Waals surface area contributed by atoms with E-state index in [9.17, 15) is 13.6 Å². The number of halogens is 2. The molecule has 1 fully saturated rings.